The normalized spacial score (nSPS) is 18.9. The number of aliphatic hydroxyl groups excluding tert-OH is 2. The van der Waals surface area contributed by atoms with E-state index in [0.29, 0.717) is 43.0 Å². The maximum absolute atomic E-state index is 14.5. The zero-order chi connectivity index (χ0) is 67.5. The minimum Gasteiger partial charge on any atom is -0.508 e. The molecule has 9 aromatic rings. The van der Waals surface area contributed by atoms with Crippen molar-refractivity contribution in [3.8, 4) is 49.1 Å². The number of aliphatic hydroxyl groups is 2. The van der Waals surface area contributed by atoms with Crippen molar-refractivity contribution in [3.63, 3.8) is 0 Å². The van der Waals surface area contributed by atoms with Gasteiger partial charge in [0.05, 0.1) is 42.5 Å². The molecule has 10 bridgehead atoms. The van der Waals surface area contributed by atoms with Crippen molar-refractivity contribution < 1.29 is 63.6 Å². The summed E-state index contributed by atoms with van der Waals surface area (Å²) in [4.78, 5) is 156. The molecule has 1 fully saturated rings. The maximum Gasteiger partial charge on any atom is 0.351 e. The first kappa shape index (κ1) is 66.3. The molecule has 0 unspecified atom stereocenters. The molecular formula is C61H53N15O13S6. The Balaban J connectivity index is 0.963. The number of amides is 8. The SMILES string of the molecule is C=C(NC(=O)C(=C)NC(=O)c1csc(-c2ccc3c(n2)-c2csc(n2)-c2csc(n2)[C@@H]2[C@@H](C)[C@@H](O)CN2C(=O)CNC(=O)[C@H](Cc2ccc(O)cc2)NC(=O)c2csc(n2)[C@H]([C@H](O)c2ccccc2)NC(=O)c2nc(sc2C)[C@H](CC(N)=O)NC(=O)c2csc-3n2)n1)C(=O)O. The van der Waals surface area contributed by atoms with Crippen molar-refractivity contribution in [3.05, 3.63) is 172 Å². The molecule has 0 aliphatic carbocycles. The van der Waals surface area contributed by atoms with Crippen molar-refractivity contribution in [2.24, 2.45) is 11.7 Å². The van der Waals surface area contributed by atoms with Gasteiger partial charge in [-0.1, -0.05) is 62.5 Å². The number of carboxylic acids is 1. The standard InChI is InChI=1S/C61H53N15O13S6/c1-25-41(78)19-76-43(80)18-63-50(83)34(16-29-10-12-31(77)13-11-29)67-52(85)39-23-93-59(72-39)46(48(81)30-8-6-5-7-9-30)74-54(87)44-28(4)95-58(75-44)35(17-42(62)79)68-53(86)38-21-90-55(70-38)32-14-15-33(66-45(32)36-20-91-57(69-36)40-24-94-60(73-40)47(25)76)56-71-37(22-92-56)51(84)64-26(2)49(82)65-27(3)61(88)89/h5-15,20-25,34-35,41,46-48,77-78,81H,2-3,16-19H2,1,4H3,(H2,62,79)(H,63,83)(H,64,84)(H,65,82)(H,67,85)(H,68,86)(H,74,87)(H,88,89)/t25-,34-,35-,41-,46-,47-,48+/m0/s1. The fourth-order valence-corrected chi connectivity index (χ4v) is 15.4. The van der Waals surface area contributed by atoms with Crippen molar-refractivity contribution in [1.29, 1.82) is 0 Å². The van der Waals surface area contributed by atoms with Crippen LogP contribution < -0.4 is 37.6 Å². The Morgan fingerprint density at radius 2 is 1.33 bits per heavy atom. The van der Waals surface area contributed by atoms with Gasteiger partial charge in [-0.15, -0.1) is 68.0 Å². The minimum atomic E-state index is -1.50. The Morgan fingerprint density at radius 3 is 2.06 bits per heavy atom. The second kappa shape index (κ2) is 28.2. The zero-order valence-electron chi connectivity index (χ0n) is 49.6. The average molecular weight is 1400 g/mol. The third-order valence-electron chi connectivity index (χ3n) is 15.0. The number of nitrogens with two attached hydrogens (primary N) is 1. The number of aliphatic carboxylic acids is 1. The molecule has 0 radical (unpaired) electrons. The highest BCUT2D eigenvalue weighted by atomic mass is 32.1. The van der Waals surface area contributed by atoms with E-state index < -0.39 is 120 Å². The molecule has 7 atom stereocenters. The third kappa shape index (κ3) is 14.8. The van der Waals surface area contributed by atoms with Gasteiger partial charge in [0.2, 0.25) is 17.7 Å². The lowest BCUT2D eigenvalue weighted by Gasteiger charge is -2.25. The molecule has 8 amide bonds. The molecule has 9 heterocycles. The topological polar surface area (TPSA) is 426 Å². The van der Waals surface area contributed by atoms with Gasteiger partial charge in [0, 0.05) is 56.2 Å². The number of phenols is 1. The second-order valence-electron chi connectivity index (χ2n) is 21.5. The minimum absolute atomic E-state index is 0.0466. The quantitative estimate of drug-likeness (QED) is 0.0685. The van der Waals surface area contributed by atoms with Crippen molar-refractivity contribution in [1.82, 2.24) is 71.7 Å². The van der Waals surface area contributed by atoms with Gasteiger partial charge in [-0.05, 0) is 42.3 Å². The number of carbonyl (C=O) groups excluding carboxylic acids is 8. The van der Waals surface area contributed by atoms with Crippen LogP contribution in [0.4, 0.5) is 0 Å². The van der Waals surface area contributed by atoms with E-state index in [0.717, 1.165) is 45.3 Å². The van der Waals surface area contributed by atoms with Crippen LogP contribution in [0.25, 0.3) is 43.4 Å². The number of nitrogens with one attached hydrogen (secondary N) is 6. The summed E-state index contributed by atoms with van der Waals surface area (Å²) in [5.74, 6) is -8.49. The number of benzene rings is 2. The Bertz CT molecular complexity index is 4540. The number of hydrogen-bond donors (Lipinski definition) is 11. The van der Waals surface area contributed by atoms with E-state index in [4.69, 9.17) is 30.8 Å². The van der Waals surface area contributed by atoms with E-state index in [1.54, 1.807) is 79.2 Å². The molecule has 11 rings (SSSR count). The maximum atomic E-state index is 14.5. The fraction of sp³-hybridized carbons (Fsp3) is 0.213. The highest BCUT2D eigenvalue weighted by Crippen LogP contribution is 2.42. The summed E-state index contributed by atoms with van der Waals surface area (Å²) in [6.45, 7) is 9.44. The van der Waals surface area contributed by atoms with Crippen LogP contribution in [-0.4, -0.2) is 139 Å². The van der Waals surface area contributed by atoms with E-state index in [9.17, 15) is 58.5 Å². The van der Waals surface area contributed by atoms with Gasteiger partial charge in [-0.3, -0.25) is 38.4 Å². The first-order valence-electron chi connectivity index (χ1n) is 28.4. The molecular weight excluding hydrogens is 1340 g/mol. The Labute approximate surface area is 561 Å². The molecule has 7 aromatic heterocycles. The molecule has 2 aliphatic heterocycles. The first-order valence-corrected chi connectivity index (χ1v) is 33.7. The van der Waals surface area contributed by atoms with Crippen LogP contribution in [0.15, 0.2) is 118 Å². The number of aromatic nitrogens is 7. The van der Waals surface area contributed by atoms with Crippen molar-refractivity contribution >= 4 is 121 Å². The number of rotatable bonds is 12. The number of primary amides is 1. The number of carbonyl (C=O) groups is 9. The van der Waals surface area contributed by atoms with Crippen LogP contribution in [0, 0.1) is 12.8 Å². The predicted molar refractivity (Wildman–Crippen MR) is 350 cm³/mol. The number of pyridine rings is 1. The smallest absolute Gasteiger partial charge is 0.351 e. The van der Waals surface area contributed by atoms with Crippen LogP contribution in [0.2, 0.25) is 0 Å². The van der Waals surface area contributed by atoms with Gasteiger partial charge >= 0.3 is 5.97 Å². The van der Waals surface area contributed by atoms with E-state index >= 15 is 0 Å². The molecule has 34 heteroatoms. The van der Waals surface area contributed by atoms with Gasteiger partial charge in [-0.2, -0.15) is 0 Å². The Morgan fingerprint density at radius 1 is 0.684 bits per heavy atom. The van der Waals surface area contributed by atoms with Gasteiger partial charge in [0.1, 0.15) is 99.5 Å². The Kier molecular flexibility index (Phi) is 19.7. The lowest BCUT2D eigenvalue weighted by atomic mass is 10.0. The monoisotopic (exact) mass is 1400 g/mol. The largest absolute Gasteiger partial charge is 0.508 e. The molecule has 486 valence electrons. The van der Waals surface area contributed by atoms with Gasteiger partial charge in [0.25, 0.3) is 29.5 Å². The van der Waals surface area contributed by atoms with Gasteiger partial charge in [-0.25, -0.2) is 39.7 Å². The van der Waals surface area contributed by atoms with E-state index in [1.165, 1.54) is 55.8 Å². The summed E-state index contributed by atoms with van der Waals surface area (Å²) in [6.07, 6.45) is -3.03. The predicted octanol–water partition coefficient (Wildman–Crippen LogP) is 5.36. The molecule has 0 saturated carbocycles. The first-order chi connectivity index (χ1) is 45.5. The molecule has 2 aromatic carbocycles. The van der Waals surface area contributed by atoms with E-state index in [2.05, 4.69) is 54.7 Å². The third-order valence-corrected chi connectivity index (χ3v) is 20.5. The number of thiazole rings is 6. The highest BCUT2D eigenvalue weighted by Gasteiger charge is 2.44. The van der Waals surface area contributed by atoms with Gasteiger partial charge < -0.3 is 63.0 Å². The molecule has 1 saturated heterocycles. The highest BCUT2D eigenvalue weighted by molar-refractivity contribution is 7.15. The van der Waals surface area contributed by atoms with Crippen molar-refractivity contribution in [2.45, 2.75) is 63.1 Å². The number of aryl methyl sites for hydroxylation is 1. The summed E-state index contributed by atoms with van der Waals surface area (Å²) < 4.78 is 0. The summed E-state index contributed by atoms with van der Waals surface area (Å²) in [5.41, 5.74) is 6.52. The molecule has 12 N–H and O–H groups in total. The molecule has 95 heavy (non-hydrogen) atoms. The number of fused-ring (bicyclic) bond motifs is 16. The van der Waals surface area contributed by atoms with E-state index in [1.807, 2.05) is 5.32 Å². The number of nitrogens with zero attached hydrogens (tertiary/aromatic N) is 8. The summed E-state index contributed by atoms with van der Waals surface area (Å²) in [6, 6.07) is 12.9. The number of carboxylic acid groups (broad SMARTS) is 1. The number of aromatic hydroxyl groups is 1. The molecule has 0 spiro atoms. The van der Waals surface area contributed by atoms with Crippen LogP contribution in [0.5, 0.6) is 5.75 Å². The molecule has 2 aliphatic rings. The summed E-state index contributed by atoms with van der Waals surface area (Å²) in [7, 11) is 0. The number of phenolic OH excluding ortho intramolecular Hbond substituents is 1. The number of hydrogen-bond acceptors (Lipinski definition) is 25. The lowest BCUT2D eigenvalue weighted by Crippen LogP contribution is -2.50. The van der Waals surface area contributed by atoms with Crippen molar-refractivity contribution in [2.75, 3.05) is 13.1 Å². The zero-order valence-corrected chi connectivity index (χ0v) is 54.5. The fourth-order valence-electron chi connectivity index (χ4n) is 10.0. The summed E-state index contributed by atoms with van der Waals surface area (Å²) in [5, 5.41) is 67.0. The van der Waals surface area contributed by atoms with Crippen LogP contribution >= 0.6 is 68.0 Å². The van der Waals surface area contributed by atoms with E-state index in [-0.39, 0.29) is 72.9 Å². The van der Waals surface area contributed by atoms with Crippen LogP contribution in [-0.2, 0) is 30.4 Å². The van der Waals surface area contributed by atoms with Gasteiger partial charge in [0.15, 0.2) is 0 Å². The molecule has 28 nitrogen and oxygen atoms in total. The lowest BCUT2D eigenvalue weighted by molar-refractivity contribution is -0.134. The van der Waals surface area contributed by atoms with Crippen LogP contribution in [0.3, 0.4) is 0 Å². The second-order valence-corrected chi connectivity index (χ2v) is 27.1. The summed E-state index contributed by atoms with van der Waals surface area (Å²) >= 11 is 6.44. The average Bonchev–Trinajstić information content (AvgIpc) is 1.67. The Hall–Kier alpha value is -10.2. The van der Waals surface area contributed by atoms with Crippen LogP contribution in [0.1, 0.15) is 111 Å².